The minimum absolute atomic E-state index is 0.129. The number of carbonyl (C=O) groups is 2. The second-order valence-corrected chi connectivity index (χ2v) is 6.09. The van der Waals surface area contributed by atoms with Gasteiger partial charge in [0.15, 0.2) is 17.2 Å². The summed E-state index contributed by atoms with van der Waals surface area (Å²) in [4.78, 5) is 25.4. The van der Waals surface area contributed by atoms with E-state index in [0.29, 0.717) is 35.0 Å². The molecule has 0 atom stereocenters. The zero-order valence-electron chi connectivity index (χ0n) is 16.4. The Morgan fingerprint density at radius 1 is 0.966 bits per heavy atom. The van der Waals surface area contributed by atoms with Gasteiger partial charge in [-0.25, -0.2) is 0 Å². The molecule has 0 spiro atoms. The van der Waals surface area contributed by atoms with Crippen molar-refractivity contribution in [1.82, 2.24) is 9.78 Å². The third-order valence-electron chi connectivity index (χ3n) is 4.23. The number of hydrogen-bond acceptors (Lipinski definition) is 5. The van der Waals surface area contributed by atoms with Gasteiger partial charge in [-0.05, 0) is 37.3 Å². The van der Waals surface area contributed by atoms with Crippen LogP contribution in [0.1, 0.15) is 27.8 Å². The van der Waals surface area contributed by atoms with E-state index in [2.05, 4.69) is 15.7 Å². The van der Waals surface area contributed by atoms with E-state index in [1.54, 1.807) is 41.2 Å². The number of nitrogens with one attached hydrogen (secondary N) is 2. The molecule has 2 amide bonds. The first-order chi connectivity index (χ1) is 14.0. The van der Waals surface area contributed by atoms with E-state index in [0.717, 1.165) is 0 Å². The molecule has 0 radical (unpaired) electrons. The van der Waals surface area contributed by atoms with Gasteiger partial charge in [-0.3, -0.25) is 14.3 Å². The summed E-state index contributed by atoms with van der Waals surface area (Å²) < 4.78 is 12.0. The molecule has 8 nitrogen and oxygen atoms in total. The van der Waals surface area contributed by atoms with Crippen molar-refractivity contribution in [1.29, 1.82) is 0 Å². The van der Waals surface area contributed by atoms with Crippen LogP contribution in [0.5, 0.6) is 11.5 Å². The highest BCUT2D eigenvalue weighted by Gasteiger charge is 2.20. The molecule has 0 saturated heterocycles. The Labute approximate surface area is 168 Å². The van der Waals surface area contributed by atoms with Crippen LogP contribution in [0.3, 0.4) is 0 Å². The second-order valence-electron chi connectivity index (χ2n) is 6.09. The van der Waals surface area contributed by atoms with Crippen LogP contribution in [-0.2, 0) is 6.54 Å². The molecule has 2 aromatic carbocycles. The lowest BCUT2D eigenvalue weighted by Crippen LogP contribution is -2.18. The van der Waals surface area contributed by atoms with Crippen LogP contribution in [0.2, 0.25) is 0 Å². The number of rotatable bonds is 7. The van der Waals surface area contributed by atoms with Crippen LogP contribution >= 0.6 is 0 Å². The second kappa shape index (κ2) is 8.92. The van der Waals surface area contributed by atoms with E-state index in [4.69, 9.17) is 9.47 Å². The van der Waals surface area contributed by atoms with Crippen molar-refractivity contribution in [3.05, 3.63) is 66.0 Å². The number of para-hydroxylation sites is 1. The van der Waals surface area contributed by atoms with Crippen LogP contribution in [-0.4, -0.2) is 35.8 Å². The normalized spacial score (nSPS) is 10.3. The molecule has 3 rings (SSSR count). The highest BCUT2D eigenvalue weighted by Crippen LogP contribution is 2.28. The number of benzene rings is 2. The van der Waals surface area contributed by atoms with Gasteiger partial charge < -0.3 is 20.1 Å². The smallest absolute Gasteiger partial charge is 0.278 e. The van der Waals surface area contributed by atoms with Crippen LogP contribution in [0.15, 0.2) is 54.7 Å². The molecule has 1 heterocycles. The van der Waals surface area contributed by atoms with E-state index in [1.165, 1.54) is 14.2 Å². The number of hydrogen-bond donors (Lipinski definition) is 2. The summed E-state index contributed by atoms with van der Waals surface area (Å²) in [5.74, 6) is 0.151. The fourth-order valence-corrected chi connectivity index (χ4v) is 2.73. The maximum absolute atomic E-state index is 12.7. The molecule has 0 unspecified atom stereocenters. The van der Waals surface area contributed by atoms with Gasteiger partial charge in [-0.15, -0.1) is 0 Å². The summed E-state index contributed by atoms with van der Waals surface area (Å²) in [6.07, 6.45) is 1.62. The number of carbonyl (C=O) groups excluding carboxylic acids is 2. The van der Waals surface area contributed by atoms with E-state index in [-0.39, 0.29) is 5.69 Å². The van der Waals surface area contributed by atoms with Crippen molar-refractivity contribution in [2.24, 2.45) is 0 Å². The zero-order valence-corrected chi connectivity index (χ0v) is 16.4. The Morgan fingerprint density at radius 2 is 1.69 bits per heavy atom. The van der Waals surface area contributed by atoms with Crippen molar-refractivity contribution in [2.75, 3.05) is 24.9 Å². The van der Waals surface area contributed by atoms with Gasteiger partial charge in [-0.2, -0.15) is 5.10 Å². The Balaban J connectivity index is 1.84. The maximum Gasteiger partial charge on any atom is 0.278 e. The van der Waals surface area contributed by atoms with Crippen LogP contribution in [0, 0.1) is 0 Å². The molecular weight excluding hydrogens is 372 g/mol. The average molecular weight is 394 g/mol. The molecule has 0 saturated carbocycles. The fraction of sp³-hybridized carbons (Fsp3) is 0.190. The highest BCUT2D eigenvalue weighted by atomic mass is 16.5. The first kappa shape index (κ1) is 19.9. The minimum Gasteiger partial charge on any atom is -0.493 e. The summed E-state index contributed by atoms with van der Waals surface area (Å²) in [7, 11) is 3.02. The number of aromatic nitrogens is 2. The molecule has 0 aliphatic heterocycles. The van der Waals surface area contributed by atoms with E-state index >= 15 is 0 Å². The molecule has 3 aromatic rings. The lowest BCUT2D eigenvalue weighted by Gasteiger charge is -2.10. The van der Waals surface area contributed by atoms with E-state index in [9.17, 15) is 9.59 Å². The average Bonchev–Trinajstić information content (AvgIpc) is 3.16. The molecule has 0 bridgehead atoms. The standard InChI is InChI=1S/C21H22N4O4/c1-4-25-13-16(19(24-25)21(27)22-15-8-6-5-7-9-15)23-20(26)14-10-11-17(28-2)18(12-14)29-3/h5-13H,4H2,1-3H3,(H,22,27)(H,23,26). The lowest BCUT2D eigenvalue weighted by molar-refractivity contribution is 0.102. The fourth-order valence-electron chi connectivity index (χ4n) is 2.73. The largest absolute Gasteiger partial charge is 0.493 e. The van der Waals surface area contributed by atoms with Gasteiger partial charge in [0.2, 0.25) is 0 Å². The Kier molecular flexibility index (Phi) is 6.13. The Morgan fingerprint density at radius 3 is 2.34 bits per heavy atom. The topological polar surface area (TPSA) is 94.5 Å². The molecule has 0 fully saturated rings. The minimum atomic E-state index is -0.411. The van der Waals surface area contributed by atoms with Gasteiger partial charge >= 0.3 is 0 Å². The first-order valence-corrected chi connectivity index (χ1v) is 9.03. The van der Waals surface area contributed by atoms with Gasteiger partial charge in [0.1, 0.15) is 0 Å². The van der Waals surface area contributed by atoms with Crippen LogP contribution in [0.25, 0.3) is 0 Å². The third kappa shape index (κ3) is 4.55. The molecule has 8 heteroatoms. The summed E-state index contributed by atoms with van der Waals surface area (Å²) in [6.45, 7) is 2.45. The van der Waals surface area contributed by atoms with Crippen LogP contribution < -0.4 is 20.1 Å². The molecule has 29 heavy (non-hydrogen) atoms. The molecule has 0 aliphatic carbocycles. The number of methoxy groups -OCH3 is 2. The van der Waals surface area contributed by atoms with Crippen molar-refractivity contribution in [3.8, 4) is 11.5 Å². The predicted octanol–water partition coefficient (Wildman–Crippen LogP) is 3.42. The van der Waals surface area contributed by atoms with E-state index in [1.807, 2.05) is 25.1 Å². The monoisotopic (exact) mass is 394 g/mol. The summed E-state index contributed by atoms with van der Waals surface area (Å²) in [6, 6.07) is 13.9. The predicted molar refractivity (Wildman–Crippen MR) is 110 cm³/mol. The van der Waals surface area contributed by atoms with Gasteiger partial charge in [-0.1, -0.05) is 18.2 Å². The maximum atomic E-state index is 12.7. The van der Waals surface area contributed by atoms with Crippen molar-refractivity contribution >= 4 is 23.2 Å². The summed E-state index contributed by atoms with van der Waals surface area (Å²) >= 11 is 0. The highest BCUT2D eigenvalue weighted by molar-refractivity contribution is 6.11. The first-order valence-electron chi connectivity index (χ1n) is 9.03. The van der Waals surface area contributed by atoms with Crippen molar-refractivity contribution in [3.63, 3.8) is 0 Å². The van der Waals surface area contributed by atoms with Gasteiger partial charge in [0.25, 0.3) is 11.8 Å². The number of anilines is 2. The Bertz CT molecular complexity index is 1010. The van der Waals surface area contributed by atoms with Crippen molar-refractivity contribution < 1.29 is 19.1 Å². The van der Waals surface area contributed by atoms with Gasteiger partial charge in [0, 0.05) is 24.0 Å². The molecular formula is C21H22N4O4. The molecule has 0 aliphatic rings. The van der Waals surface area contributed by atoms with Gasteiger partial charge in [0.05, 0.1) is 19.9 Å². The Hall–Kier alpha value is -3.81. The lowest BCUT2D eigenvalue weighted by atomic mass is 10.2. The third-order valence-corrected chi connectivity index (χ3v) is 4.23. The number of nitrogens with zero attached hydrogens (tertiary/aromatic N) is 2. The van der Waals surface area contributed by atoms with E-state index < -0.39 is 11.8 Å². The van der Waals surface area contributed by atoms with Crippen LogP contribution in [0.4, 0.5) is 11.4 Å². The molecule has 1 aromatic heterocycles. The number of amides is 2. The SMILES string of the molecule is CCn1cc(NC(=O)c2ccc(OC)c(OC)c2)c(C(=O)Nc2ccccc2)n1. The summed E-state index contributed by atoms with van der Waals surface area (Å²) in [5.41, 5.74) is 1.45. The number of ether oxygens (including phenoxy) is 2. The molecule has 150 valence electrons. The summed E-state index contributed by atoms with van der Waals surface area (Å²) in [5, 5.41) is 9.82. The van der Waals surface area contributed by atoms with Crippen molar-refractivity contribution in [2.45, 2.75) is 13.5 Å². The zero-order chi connectivity index (χ0) is 20.8. The number of aryl methyl sites for hydroxylation is 1. The quantitative estimate of drug-likeness (QED) is 0.640. The molecule has 2 N–H and O–H groups in total.